The molecule has 2 aromatic heterocycles. The molecule has 28 heavy (non-hydrogen) atoms. The molecule has 2 heterocycles. The molecule has 0 aliphatic heterocycles. The van der Waals surface area contributed by atoms with Gasteiger partial charge in [0.15, 0.2) is 34.2 Å². The van der Waals surface area contributed by atoms with Crippen LogP contribution in [-0.4, -0.2) is 20.0 Å². The third-order valence-electron chi connectivity index (χ3n) is 4.21. The standard InChI is InChI=1S/C19H10Cl4O5/c1-25-13-5-9(20)15(22)7-3-11(27-18(7)13)17(24)12-4-8-16(23)10(21)6-14(26-2)19(8)28-12/h3-6H,1-2H3. The van der Waals surface area contributed by atoms with Crippen molar-refractivity contribution < 1.29 is 23.1 Å². The summed E-state index contributed by atoms with van der Waals surface area (Å²) < 4.78 is 21.9. The summed E-state index contributed by atoms with van der Waals surface area (Å²) >= 11 is 24.7. The number of ether oxygens (including phenoxy) is 2. The van der Waals surface area contributed by atoms with Gasteiger partial charge in [0.2, 0.25) is 0 Å². The van der Waals surface area contributed by atoms with Crippen molar-refractivity contribution in [2.45, 2.75) is 0 Å². The van der Waals surface area contributed by atoms with Gasteiger partial charge in [0.1, 0.15) is 0 Å². The number of benzene rings is 2. The van der Waals surface area contributed by atoms with Gasteiger partial charge >= 0.3 is 0 Å². The predicted octanol–water partition coefficient (Wildman–Crippen LogP) is 7.04. The average molecular weight is 460 g/mol. The lowest BCUT2D eigenvalue weighted by molar-refractivity contribution is 0.0987. The van der Waals surface area contributed by atoms with Crippen LogP contribution in [0.25, 0.3) is 21.9 Å². The van der Waals surface area contributed by atoms with Crippen LogP contribution >= 0.6 is 46.4 Å². The Balaban J connectivity index is 1.88. The molecule has 9 heteroatoms. The van der Waals surface area contributed by atoms with Gasteiger partial charge in [-0.15, -0.1) is 0 Å². The average Bonchev–Trinajstić information content (AvgIpc) is 3.32. The van der Waals surface area contributed by atoms with E-state index in [2.05, 4.69) is 0 Å². The monoisotopic (exact) mass is 458 g/mol. The van der Waals surface area contributed by atoms with Crippen LogP contribution in [0.4, 0.5) is 0 Å². The zero-order chi connectivity index (χ0) is 20.2. The number of ketones is 1. The summed E-state index contributed by atoms with van der Waals surface area (Å²) in [6.45, 7) is 0. The number of hydrogen-bond acceptors (Lipinski definition) is 5. The molecular weight excluding hydrogens is 450 g/mol. The van der Waals surface area contributed by atoms with Crippen molar-refractivity contribution in [2.75, 3.05) is 14.2 Å². The van der Waals surface area contributed by atoms with Crippen molar-refractivity contribution in [3.63, 3.8) is 0 Å². The van der Waals surface area contributed by atoms with Crippen LogP contribution in [0.3, 0.4) is 0 Å². The van der Waals surface area contributed by atoms with Crippen LogP contribution in [-0.2, 0) is 0 Å². The Morgan fingerprint density at radius 1 is 0.750 bits per heavy atom. The first kappa shape index (κ1) is 19.3. The number of carbonyl (C=O) groups is 1. The van der Waals surface area contributed by atoms with E-state index in [9.17, 15) is 4.79 Å². The first-order valence-electron chi connectivity index (χ1n) is 7.81. The molecule has 0 saturated carbocycles. The highest BCUT2D eigenvalue weighted by Crippen LogP contribution is 2.42. The molecule has 5 nitrogen and oxygen atoms in total. The van der Waals surface area contributed by atoms with Gasteiger partial charge in [-0.05, 0) is 12.1 Å². The topological polar surface area (TPSA) is 61.8 Å². The van der Waals surface area contributed by atoms with E-state index in [1.54, 1.807) is 0 Å². The van der Waals surface area contributed by atoms with Gasteiger partial charge < -0.3 is 18.3 Å². The summed E-state index contributed by atoms with van der Waals surface area (Å²) in [5.41, 5.74) is 0.602. The van der Waals surface area contributed by atoms with Crippen LogP contribution in [0.15, 0.2) is 33.1 Å². The first-order chi connectivity index (χ1) is 13.3. The third-order valence-corrected chi connectivity index (χ3v) is 5.81. The van der Waals surface area contributed by atoms with Crippen molar-refractivity contribution in [3.05, 3.63) is 55.9 Å². The smallest absolute Gasteiger partial charge is 0.263 e. The van der Waals surface area contributed by atoms with E-state index in [-0.39, 0.29) is 31.6 Å². The zero-order valence-corrected chi connectivity index (χ0v) is 17.4. The minimum absolute atomic E-state index is 0.00212. The summed E-state index contributed by atoms with van der Waals surface area (Å²) in [5, 5.41) is 1.96. The molecular formula is C19H10Cl4O5. The Hall–Kier alpha value is -2.05. The Bertz CT molecular complexity index is 1160. The van der Waals surface area contributed by atoms with Gasteiger partial charge in [-0.2, -0.15) is 0 Å². The molecule has 0 aliphatic carbocycles. The zero-order valence-electron chi connectivity index (χ0n) is 14.4. The maximum Gasteiger partial charge on any atom is 0.263 e. The Kier molecular flexibility index (Phi) is 4.88. The van der Waals surface area contributed by atoms with Gasteiger partial charge in [0.25, 0.3) is 5.78 Å². The summed E-state index contributed by atoms with van der Waals surface area (Å²) in [5.74, 6) is 0.181. The number of methoxy groups -OCH3 is 2. The van der Waals surface area contributed by atoms with Crippen LogP contribution in [0.2, 0.25) is 20.1 Å². The fourth-order valence-electron chi connectivity index (χ4n) is 2.87. The summed E-state index contributed by atoms with van der Waals surface area (Å²) in [4.78, 5) is 13.0. The Morgan fingerprint density at radius 3 is 1.50 bits per heavy atom. The second-order valence-corrected chi connectivity index (χ2v) is 7.36. The van der Waals surface area contributed by atoms with E-state index >= 15 is 0 Å². The highest BCUT2D eigenvalue weighted by molar-refractivity contribution is 6.46. The molecule has 0 spiro atoms. The lowest BCUT2D eigenvalue weighted by atomic mass is 10.2. The Labute approximate surface area is 178 Å². The second-order valence-electron chi connectivity index (χ2n) is 5.79. The molecule has 0 amide bonds. The minimum atomic E-state index is -0.518. The minimum Gasteiger partial charge on any atom is -0.493 e. The van der Waals surface area contributed by atoms with Crippen molar-refractivity contribution >= 4 is 74.1 Å². The molecule has 0 unspecified atom stereocenters. The second kappa shape index (κ2) is 7.08. The molecule has 2 aromatic carbocycles. The van der Waals surface area contributed by atoms with E-state index in [4.69, 9.17) is 64.7 Å². The molecule has 0 aliphatic rings. The van der Waals surface area contributed by atoms with Crippen molar-refractivity contribution in [1.29, 1.82) is 0 Å². The van der Waals surface area contributed by atoms with Crippen LogP contribution in [0.5, 0.6) is 11.5 Å². The van der Waals surface area contributed by atoms with Crippen molar-refractivity contribution in [3.8, 4) is 11.5 Å². The highest BCUT2D eigenvalue weighted by Gasteiger charge is 2.24. The van der Waals surface area contributed by atoms with E-state index in [1.807, 2.05) is 0 Å². The molecule has 4 rings (SSSR count). The SMILES string of the molecule is COc1cc(Cl)c(Cl)c2cc(C(=O)c3cc4c(Cl)c(Cl)cc(OC)c4o3)oc12. The highest BCUT2D eigenvalue weighted by atomic mass is 35.5. The lowest BCUT2D eigenvalue weighted by Gasteiger charge is -2.03. The number of furan rings is 2. The summed E-state index contributed by atoms with van der Waals surface area (Å²) in [7, 11) is 2.92. The van der Waals surface area contributed by atoms with Gasteiger partial charge in [-0.25, -0.2) is 0 Å². The van der Waals surface area contributed by atoms with Gasteiger partial charge in [0.05, 0.1) is 34.3 Å². The molecule has 0 N–H and O–H groups in total. The van der Waals surface area contributed by atoms with Gasteiger partial charge in [-0.1, -0.05) is 46.4 Å². The maximum absolute atomic E-state index is 13.0. The van der Waals surface area contributed by atoms with Crippen molar-refractivity contribution in [1.82, 2.24) is 0 Å². The van der Waals surface area contributed by atoms with E-state index < -0.39 is 5.78 Å². The van der Waals surface area contributed by atoms with Crippen molar-refractivity contribution in [2.24, 2.45) is 0 Å². The molecule has 4 aromatic rings. The normalized spacial score (nSPS) is 11.4. The summed E-state index contributed by atoms with van der Waals surface area (Å²) in [6.07, 6.45) is 0. The van der Waals surface area contributed by atoms with Crippen LogP contribution in [0, 0.1) is 0 Å². The molecule has 0 atom stereocenters. The fourth-order valence-corrected chi connectivity index (χ4v) is 3.66. The molecule has 0 saturated heterocycles. The number of hydrogen-bond donors (Lipinski definition) is 0. The van der Waals surface area contributed by atoms with Crippen LogP contribution < -0.4 is 9.47 Å². The van der Waals surface area contributed by atoms with Gasteiger partial charge in [-0.3, -0.25) is 4.79 Å². The number of fused-ring (bicyclic) bond motifs is 2. The van der Waals surface area contributed by atoms with E-state index in [0.29, 0.717) is 33.4 Å². The number of halogens is 4. The maximum atomic E-state index is 13.0. The quantitative estimate of drug-likeness (QED) is 0.306. The molecule has 0 radical (unpaired) electrons. The fraction of sp³-hybridized carbons (Fsp3) is 0.105. The third kappa shape index (κ3) is 2.90. The largest absolute Gasteiger partial charge is 0.493 e. The molecule has 0 bridgehead atoms. The predicted molar refractivity (Wildman–Crippen MR) is 109 cm³/mol. The Morgan fingerprint density at radius 2 is 1.14 bits per heavy atom. The van der Waals surface area contributed by atoms with Crippen LogP contribution in [0.1, 0.15) is 16.3 Å². The lowest BCUT2D eigenvalue weighted by Crippen LogP contribution is -1.96. The number of carbonyl (C=O) groups excluding carboxylic acids is 1. The van der Waals surface area contributed by atoms with Gasteiger partial charge in [0, 0.05) is 22.9 Å². The molecule has 144 valence electrons. The molecule has 0 fully saturated rings. The number of rotatable bonds is 4. The van der Waals surface area contributed by atoms with E-state index in [0.717, 1.165) is 0 Å². The first-order valence-corrected chi connectivity index (χ1v) is 9.32. The summed E-state index contributed by atoms with van der Waals surface area (Å²) in [6, 6.07) is 5.98. The van der Waals surface area contributed by atoms with E-state index in [1.165, 1.54) is 38.5 Å².